The van der Waals surface area contributed by atoms with Crippen LogP contribution in [-0.4, -0.2) is 11.9 Å². The van der Waals surface area contributed by atoms with Crippen LogP contribution in [-0.2, 0) is 11.2 Å². The predicted octanol–water partition coefficient (Wildman–Crippen LogP) is 3.95. The summed E-state index contributed by atoms with van der Waals surface area (Å²) in [5, 5.41) is 3.33. The van der Waals surface area contributed by atoms with E-state index in [0.717, 1.165) is 23.3 Å². The molecule has 2 aliphatic carbocycles. The Labute approximate surface area is 128 Å². The standard InChI is InChI=1S/C19H27NO/c1-2-14-10-16-8-9-18(17(11-14)12-16)20-19(21)13-15-6-4-3-5-7-15/h3-7,14,16-18H,2,8-13H2,1H3,(H,20,21). The number of amides is 1. The first-order chi connectivity index (χ1) is 10.2. The average Bonchev–Trinajstić information content (AvgIpc) is 2.51. The van der Waals surface area contributed by atoms with Gasteiger partial charge in [-0.1, -0.05) is 43.7 Å². The highest BCUT2D eigenvalue weighted by Crippen LogP contribution is 2.43. The smallest absolute Gasteiger partial charge is 0.224 e. The predicted molar refractivity (Wildman–Crippen MR) is 85.9 cm³/mol. The van der Waals surface area contributed by atoms with Gasteiger partial charge in [0, 0.05) is 6.04 Å². The van der Waals surface area contributed by atoms with Crippen molar-refractivity contribution in [1.29, 1.82) is 0 Å². The van der Waals surface area contributed by atoms with Crippen LogP contribution >= 0.6 is 0 Å². The number of hydrogen-bond acceptors (Lipinski definition) is 1. The van der Waals surface area contributed by atoms with Gasteiger partial charge in [0.2, 0.25) is 5.91 Å². The first kappa shape index (κ1) is 14.6. The Hall–Kier alpha value is -1.31. The number of carbonyl (C=O) groups excluding carboxylic acids is 1. The zero-order valence-corrected chi connectivity index (χ0v) is 13.1. The molecular weight excluding hydrogens is 258 g/mol. The van der Waals surface area contributed by atoms with E-state index in [1.165, 1.54) is 38.5 Å². The van der Waals surface area contributed by atoms with Crippen molar-refractivity contribution in [1.82, 2.24) is 5.32 Å². The zero-order chi connectivity index (χ0) is 14.7. The molecule has 2 fully saturated rings. The number of nitrogens with one attached hydrogen (secondary N) is 1. The summed E-state index contributed by atoms with van der Waals surface area (Å²) in [4.78, 5) is 12.3. The SMILES string of the molecule is CCC1CC2CCC(NC(=O)Cc3ccccc3)C(C1)C2. The molecule has 1 amide bonds. The summed E-state index contributed by atoms with van der Waals surface area (Å²) in [6.07, 6.45) is 8.41. The summed E-state index contributed by atoms with van der Waals surface area (Å²) in [6, 6.07) is 10.5. The second-order valence-electron chi connectivity index (χ2n) is 7.02. The fourth-order valence-corrected chi connectivity index (χ4v) is 4.39. The van der Waals surface area contributed by atoms with Crippen molar-refractivity contribution in [2.45, 2.75) is 57.9 Å². The lowest BCUT2D eigenvalue weighted by atomic mass is 9.65. The highest BCUT2D eigenvalue weighted by molar-refractivity contribution is 5.78. The third-order valence-electron chi connectivity index (χ3n) is 5.53. The number of hydrogen-bond donors (Lipinski definition) is 1. The van der Waals surface area contributed by atoms with Crippen LogP contribution in [0.25, 0.3) is 0 Å². The van der Waals surface area contributed by atoms with Crippen molar-refractivity contribution in [2.75, 3.05) is 0 Å². The van der Waals surface area contributed by atoms with E-state index in [0.29, 0.717) is 12.5 Å². The van der Waals surface area contributed by atoms with E-state index in [1.54, 1.807) is 0 Å². The van der Waals surface area contributed by atoms with Gasteiger partial charge < -0.3 is 5.32 Å². The van der Waals surface area contributed by atoms with E-state index in [4.69, 9.17) is 0 Å². The Balaban J connectivity index is 1.56. The average molecular weight is 285 g/mol. The molecule has 3 rings (SSSR count). The van der Waals surface area contributed by atoms with E-state index >= 15 is 0 Å². The minimum atomic E-state index is 0.197. The molecule has 1 aromatic carbocycles. The van der Waals surface area contributed by atoms with E-state index < -0.39 is 0 Å². The molecule has 0 aromatic heterocycles. The Kier molecular flexibility index (Phi) is 4.62. The van der Waals surface area contributed by atoms with E-state index in [1.807, 2.05) is 30.3 Å². The summed E-state index contributed by atoms with van der Waals surface area (Å²) in [5.41, 5.74) is 1.11. The summed E-state index contributed by atoms with van der Waals surface area (Å²) in [6.45, 7) is 2.31. The normalized spacial score (nSPS) is 31.7. The lowest BCUT2D eigenvalue weighted by Gasteiger charge is -2.43. The molecule has 1 N–H and O–H groups in total. The van der Waals surface area contributed by atoms with E-state index in [2.05, 4.69) is 12.2 Å². The Morgan fingerprint density at radius 1 is 1.14 bits per heavy atom. The maximum absolute atomic E-state index is 12.3. The summed E-state index contributed by atoms with van der Waals surface area (Å²) >= 11 is 0. The topological polar surface area (TPSA) is 29.1 Å². The monoisotopic (exact) mass is 285 g/mol. The van der Waals surface area contributed by atoms with Gasteiger partial charge in [-0.3, -0.25) is 4.79 Å². The number of fused-ring (bicyclic) bond motifs is 2. The number of carbonyl (C=O) groups is 1. The molecule has 2 bridgehead atoms. The molecule has 2 aliphatic rings. The molecule has 0 spiro atoms. The second-order valence-corrected chi connectivity index (χ2v) is 7.02. The van der Waals surface area contributed by atoms with Crippen LogP contribution in [0, 0.1) is 17.8 Å². The van der Waals surface area contributed by atoms with Gasteiger partial charge in [-0.15, -0.1) is 0 Å². The van der Waals surface area contributed by atoms with Gasteiger partial charge in [0.1, 0.15) is 0 Å². The molecule has 2 nitrogen and oxygen atoms in total. The van der Waals surface area contributed by atoms with Gasteiger partial charge in [-0.25, -0.2) is 0 Å². The number of rotatable bonds is 4. The molecule has 0 aliphatic heterocycles. The van der Waals surface area contributed by atoms with Gasteiger partial charge in [0.25, 0.3) is 0 Å². The summed E-state index contributed by atoms with van der Waals surface area (Å²) in [5.74, 6) is 2.74. The second kappa shape index (κ2) is 6.64. The molecule has 1 aromatic rings. The summed E-state index contributed by atoms with van der Waals surface area (Å²) in [7, 11) is 0. The van der Waals surface area contributed by atoms with Gasteiger partial charge in [0.05, 0.1) is 6.42 Å². The van der Waals surface area contributed by atoms with Crippen molar-refractivity contribution >= 4 is 5.91 Å². The maximum Gasteiger partial charge on any atom is 0.224 e. The van der Waals surface area contributed by atoms with Crippen molar-refractivity contribution in [3.05, 3.63) is 35.9 Å². The highest BCUT2D eigenvalue weighted by atomic mass is 16.1. The lowest BCUT2D eigenvalue weighted by molar-refractivity contribution is -0.122. The minimum Gasteiger partial charge on any atom is -0.353 e. The third kappa shape index (κ3) is 3.66. The molecule has 2 saturated carbocycles. The van der Waals surface area contributed by atoms with E-state index in [-0.39, 0.29) is 5.91 Å². The molecule has 4 unspecified atom stereocenters. The van der Waals surface area contributed by atoms with Crippen molar-refractivity contribution < 1.29 is 4.79 Å². The van der Waals surface area contributed by atoms with Crippen molar-refractivity contribution in [3.63, 3.8) is 0 Å². The molecule has 114 valence electrons. The first-order valence-electron chi connectivity index (χ1n) is 8.58. The molecule has 0 heterocycles. The van der Waals surface area contributed by atoms with Gasteiger partial charge in [-0.05, 0) is 55.4 Å². The van der Waals surface area contributed by atoms with Crippen LogP contribution in [0.2, 0.25) is 0 Å². The zero-order valence-electron chi connectivity index (χ0n) is 13.1. The fraction of sp³-hybridized carbons (Fsp3) is 0.632. The van der Waals surface area contributed by atoms with E-state index in [9.17, 15) is 4.79 Å². The summed E-state index contributed by atoms with van der Waals surface area (Å²) < 4.78 is 0. The Morgan fingerprint density at radius 2 is 1.95 bits per heavy atom. The van der Waals surface area contributed by atoms with Crippen molar-refractivity contribution in [3.8, 4) is 0 Å². The van der Waals surface area contributed by atoms with Crippen LogP contribution < -0.4 is 5.32 Å². The van der Waals surface area contributed by atoms with Crippen molar-refractivity contribution in [2.24, 2.45) is 17.8 Å². The van der Waals surface area contributed by atoms with Crippen LogP contribution in [0.3, 0.4) is 0 Å². The maximum atomic E-state index is 12.3. The van der Waals surface area contributed by atoms with Crippen LogP contribution in [0.5, 0.6) is 0 Å². The minimum absolute atomic E-state index is 0.197. The largest absolute Gasteiger partial charge is 0.353 e. The van der Waals surface area contributed by atoms with Gasteiger partial charge in [-0.2, -0.15) is 0 Å². The molecular formula is C19H27NO. The van der Waals surface area contributed by atoms with Crippen LogP contribution in [0.15, 0.2) is 30.3 Å². The molecule has 21 heavy (non-hydrogen) atoms. The number of benzene rings is 1. The van der Waals surface area contributed by atoms with Crippen LogP contribution in [0.4, 0.5) is 0 Å². The molecule has 0 saturated heterocycles. The molecule has 0 radical (unpaired) electrons. The molecule has 4 atom stereocenters. The highest BCUT2D eigenvalue weighted by Gasteiger charge is 2.37. The quantitative estimate of drug-likeness (QED) is 0.891. The van der Waals surface area contributed by atoms with Gasteiger partial charge >= 0.3 is 0 Å². The fourth-order valence-electron chi connectivity index (χ4n) is 4.39. The molecule has 2 heteroatoms. The van der Waals surface area contributed by atoms with Crippen LogP contribution in [0.1, 0.15) is 51.0 Å². The first-order valence-corrected chi connectivity index (χ1v) is 8.58. The van der Waals surface area contributed by atoms with Gasteiger partial charge in [0.15, 0.2) is 0 Å². The third-order valence-corrected chi connectivity index (χ3v) is 5.53. The Bertz CT molecular complexity index is 470. The Morgan fingerprint density at radius 3 is 2.71 bits per heavy atom. The lowest BCUT2D eigenvalue weighted by Crippen LogP contribution is -2.47.